The Morgan fingerprint density at radius 2 is 1.92 bits per heavy atom. The third-order valence-corrected chi connectivity index (χ3v) is 5.26. The highest BCUT2D eigenvalue weighted by molar-refractivity contribution is 5.85. The first-order chi connectivity index (χ1) is 11.2. The van der Waals surface area contributed by atoms with Gasteiger partial charge in [0.25, 0.3) is 0 Å². The summed E-state index contributed by atoms with van der Waals surface area (Å²) in [5, 5.41) is 0. The summed E-state index contributed by atoms with van der Waals surface area (Å²) in [4.78, 5) is 14.8. The number of ether oxygens (including phenoxy) is 1. The van der Waals surface area contributed by atoms with E-state index in [4.69, 9.17) is 10.5 Å². The Balaban J connectivity index is 0.00000208. The topological polar surface area (TPSA) is 55.6 Å². The van der Waals surface area contributed by atoms with Gasteiger partial charge < -0.3 is 15.4 Å². The molecule has 2 aliphatic heterocycles. The molecule has 0 saturated carbocycles. The van der Waals surface area contributed by atoms with Crippen LogP contribution < -0.4 is 5.73 Å². The first-order valence-corrected chi connectivity index (χ1v) is 8.90. The van der Waals surface area contributed by atoms with Crippen LogP contribution in [-0.4, -0.2) is 43.2 Å². The van der Waals surface area contributed by atoms with Crippen LogP contribution in [0.5, 0.6) is 0 Å². The maximum Gasteiger partial charge on any atom is 0.239 e. The van der Waals surface area contributed by atoms with Gasteiger partial charge in [-0.05, 0) is 49.5 Å². The smallest absolute Gasteiger partial charge is 0.239 e. The Labute approximate surface area is 151 Å². The number of hydrogen-bond acceptors (Lipinski definition) is 3. The Morgan fingerprint density at radius 3 is 2.62 bits per heavy atom. The molecule has 2 heterocycles. The molecule has 2 saturated heterocycles. The lowest BCUT2D eigenvalue weighted by molar-refractivity contribution is -0.136. The van der Waals surface area contributed by atoms with E-state index in [1.807, 2.05) is 11.0 Å². The van der Waals surface area contributed by atoms with Gasteiger partial charge in [0, 0.05) is 26.3 Å². The van der Waals surface area contributed by atoms with Gasteiger partial charge in [0.2, 0.25) is 5.91 Å². The van der Waals surface area contributed by atoms with Crippen LogP contribution in [0.15, 0.2) is 30.3 Å². The minimum Gasteiger partial charge on any atom is -0.381 e. The maximum atomic E-state index is 12.8. The maximum absolute atomic E-state index is 12.8. The minimum absolute atomic E-state index is 0. The molecule has 1 aromatic carbocycles. The van der Waals surface area contributed by atoms with Crippen LogP contribution in [0.25, 0.3) is 0 Å². The second-order valence-electron chi connectivity index (χ2n) is 6.96. The van der Waals surface area contributed by atoms with Gasteiger partial charge in [0.05, 0.1) is 6.04 Å². The lowest BCUT2D eigenvalue weighted by Gasteiger charge is -2.36. The number of carbonyl (C=O) groups excluding carboxylic acids is 1. The Kier molecular flexibility index (Phi) is 7.53. The quantitative estimate of drug-likeness (QED) is 0.906. The zero-order chi connectivity index (χ0) is 16.1. The highest BCUT2D eigenvalue weighted by atomic mass is 35.5. The zero-order valence-electron chi connectivity index (χ0n) is 14.2. The summed E-state index contributed by atoms with van der Waals surface area (Å²) in [6.07, 6.45) is 5.16. The molecule has 2 aliphatic rings. The van der Waals surface area contributed by atoms with E-state index in [0.29, 0.717) is 5.92 Å². The average molecular weight is 353 g/mol. The summed E-state index contributed by atoms with van der Waals surface area (Å²) in [5.74, 6) is 0.984. The first-order valence-electron chi connectivity index (χ1n) is 8.90. The molecule has 134 valence electrons. The largest absolute Gasteiger partial charge is 0.381 e. The van der Waals surface area contributed by atoms with Crippen LogP contribution in [0.4, 0.5) is 0 Å². The SMILES string of the molecule is Cl.NC(C(=O)N1CCCC(Cc2ccccc2)C1)C1CCOCC1. The number of piperidine rings is 1. The van der Waals surface area contributed by atoms with Gasteiger partial charge in [-0.25, -0.2) is 0 Å². The van der Waals surface area contributed by atoms with Crippen LogP contribution in [0.2, 0.25) is 0 Å². The highest BCUT2D eigenvalue weighted by Gasteiger charge is 2.32. The van der Waals surface area contributed by atoms with Crippen molar-refractivity contribution in [3.8, 4) is 0 Å². The fraction of sp³-hybridized carbons (Fsp3) is 0.632. The first kappa shape index (κ1) is 19.2. The van der Waals surface area contributed by atoms with Crippen LogP contribution >= 0.6 is 12.4 Å². The summed E-state index contributed by atoms with van der Waals surface area (Å²) in [6.45, 7) is 3.19. The molecule has 0 bridgehead atoms. The van der Waals surface area contributed by atoms with Crippen molar-refractivity contribution < 1.29 is 9.53 Å². The van der Waals surface area contributed by atoms with Crippen molar-refractivity contribution in [2.45, 2.75) is 38.1 Å². The predicted molar refractivity (Wildman–Crippen MR) is 98.2 cm³/mol. The summed E-state index contributed by atoms with van der Waals surface area (Å²) in [6, 6.07) is 10.2. The normalized spacial score (nSPS) is 23.4. The monoisotopic (exact) mass is 352 g/mol. The molecular weight excluding hydrogens is 324 g/mol. The lowest BCUT2D eigenvalue weighted by atomic mass is 9.88. The third kappa shape index (κ3) is 4.95. The second-order valence-corrected chi connectivity index (χ2v) is 6.96. The predicted octanol–water partition coefficient (Wildman–Crippen LogP) is 2.64. The summed E-state index contributed by atoms with van der Waals surface area (Å²) in [7, 11) is 0. The molecule has 2 N–H and O–H groups in total. The van der Waals surface area contributed by atoms with Crippen molar-refractivity contribution in [2.75, 3.05) is 26.3 Å². The van der Waals surface area contributed by atoms with Gasteiger partial charge in [-0.3, -0.25) is 4.79 Å². The highest BCUT2D eigenvalue weighted by Crippen LogP contribution is 2.24. The molecule has 0 aromatic heterocycles. The molecular formula is C19H29ClN2O2. The Hall–Kier alpha value is -1.10. The molecule has 24 heavy (non-hydrogen) atoms. The summed E-state index contributed by atoms with van der Waals surface area (Å²) < 4.78 is 5.38. The van der Waals surface area contributed by atoms with E-state index in [9.17, 15) is 4.79 Å². The van der Waals surface area contributed by atoms with E-state index in [1.54, 1.807) is 0 Å². The van der Waals surface area contributed by atoms with Gasteiger partial charge in [-0.2, -0.15) is 0 Å². The Morgan fingerprint density at radius 1 is 1.21 bits per heavy atom. The van der Waals surface area contributed by atoms with Crippen molar-refractivity contribution in [3.63, 3.8) is 0 Å². The molecule has 1 amide bonds. The fourth-order valence-corrected chi connectivity index (χ4v) is 3.87. The molecule has 0 spiro atoms. The van der Waals surface area contributed by atoms with Gasteiger partial charge in [0.1, 0.15) is 0 Å². The number of hydrogen-bond donors (Lipinski definition) is 1. The molecule has 1 aromatic rings. The van der Waals surface area contributed by atoms with Crippen molar-refractivity contribution in [1.82, 2.24) is 4.90 Å². The molecule has 3 rings (SSSR count). The number of halogens is 1. The summed E-state index contributed by atoms with van der Waals surface area (Å²) >= 11 is 0. The molecule has 0 aliphatic carbocycles. The number of likely N-dealkylation sites (tertiary alicyclic amines) is 1. The molecule has 0 radical (unpaired) electrons. The van der Waals surface area contributed by atoms with Gasteiger partial charge in [-0.1, -0.05) is 30.3 Å². The van der Waals surface area contributed by atoms with Crippen molar-refractivity contribution in [3.05, 3.63) is 35.9 Å². The molecule has 2 fully saturated rings. The number of rotatable bonds is 4. The number of nitrogens with zero attached hydrogens (tertiary/aromatic N) is 1. The van der Waals surface area contributed by atoms with E-state index >= 15 is 0 Å². The van der Waals surface area contributed by atoms with Gasteiger partial charge in [-0.15, -0.1) is 12.4 Å². The molecule has 2 atom stereocenters. The second kappa shape index (κ2) is 9.40. The van der Waals surface area contributed by atoms with Crippen molar-refractivity contribution in [1.29, 1.82) is 0 Å². The fourth-order valence-electron chi connectivity index (χ4n) is 3.87. The molecule has 4 nitrogen and oxygen atoms in total. The van der Waals surface area contributed by atoms with Crippen molar-refractivity contribution in [2.24, 2.45) is 17.6 Å². The minimum atomic E-state index is -0.352. The number of carbonyl (C=O) groups is 1. The third-order valence-electron chi connectivity index (χ3n) is 5.26. The van der Waals surface area contributed by atoms with Crippen LogP contribution in [0.1, 0.15) is 31.2 Å². The van der Waals surface area contributed by atoms with E-state index in [-0.39, 0.29) is 30.3 Å². The van der Waals surface area contributed by atoms with Crippen LogP contribution in [-0.2, 0) is 16.0 Å². The number of nitrogens with two attached hydrogens (primary N) is 1. The van der Waals surface area contributed by atoms with Crippen molar-refractivity contribution >= 4 is 18.3 Å². The van der Waals surface area contributed by atoms with Gasteiger partial charge >= 0.3 is 0 Å². The van der Waals surface area contributed by atoms with E-state index in [2.05, 4.69) is 24.3 Å². The van der Waals surface area contributed by atoms with Gasteiger partial charge in [0.15, 0.2) is 0 Å². The zero-order valence-corrected chi connectivity index (χ0v) is 15.0. The standard InChI is InChI=1S/C19H28N2O2.ClH/c20-18(17-8-11-23-12-9-17)19(22)21-10-4-7-16(14-21)13-15-5-2-1-3-6-15;/h1-3,5-6,16-18H,4,7-14,20H2;1H. The average Bonchev–Trinajstić information content (AvgIpc) is 2.62. The molecule has 5 heteroatoms. The molecule has 2 unspecified atom stereocenters. The Bertz CT molecular complexity index is 505. The van der Waals surface area contributed by atoms with Crippen LogP contribution in [0, 0.1) is 11.8 Å². The number of amides is 1. The lowest BCUT2D eigenvalue weighted by Crippen LogP contribution is -2.51. The van der Waals surface area contributed by atoms with E-state index in [0.717, 1.165) is 52.0 Å². The van der Waals surface area contributed by atoms with E-state index < -0.39 is 0 Å². The van der Waals surface area contributed by atoms with E-state index in [1.165, 1.54) is 12.0 Å². The summed E-state index contributed by atoms with van der Waals surface area (Å²) in [5.41, 5.74) is 7.64. The number of benzene rings is 1. The van der Waals surface area contributed by atoms with Crippen LogP contribution in [0.3, 0.4) is 0 Å².